The maximum absolute atomic E-state index is 12.2. The SMILES string of the molecule is COC(=O)C1CC(=O)c2c([nH]c3ccccc23)C1. The van der Waals surface area contributed by atoms with E-state index in [1.54, 1.807) is 0 Å². The van der Waals surface area contributed by atoms with Crippen LogP contribution in [0, 0.1) is 5.92 Å². The zero-order chi connectivity index (χ0) is 12.7. The molecule has 0 fully saturated rings. The third-order valence-electron chi connectivity index (χ3n) is 3.48. The standard InChI is InChI=1S/C14H13NO3/c1-18-14(17)8-6-11-13(12(16)7-8)9-4-2-3-5-10(9)15-11/h2-5,8,15H,6-7H2,1H3. The van der Waals surface area contributed by atoms with Crippen molar-refractivity contribution in [2.75, 3.05) is 7.11 Å². The van der Waals surface area contributed by atoms with Crippen LogP contribution in [0.2, 0.25) is 0 Å². The lowest BCUT2D eigenvalue weighted by molar-refractivity contribution is -0.145. The van der Waals surface area contributed by atoms with Crippen molar-refractivity contribution in [1.82, 2.24) is 4.98 Å². The van der Waals surface area contributed by atoms with Crippen LogP contribution < -0.4 is 0 Å². The maximum Gasteiger partial charge on any atom is 0.309 e. The molecule has 1 aromatic heterocycles. The van der Waals surface area contributed by atoms with E-state index in [2.05, 4.69) is 4.98 Å². The Balaban J connectivity index is 2.10. The molecule has 1 atom stereocenters. The highest BCUT2D eigenvalue weighted by molar-refractivity contribution is 6.11. The Bertz CT molecular complexity index is 642. The summed E-state index contributed by atoms with van der Waals surface area (Å²) in [4.78, 5) is 26.9. The lowest BCUT2D eigenvalue weighted by atomic mass is 9.86. The average Bonchev–Trinajstić information content (AvgIpc) is 2.76. The van der Waals surface area contributed by atoms with Gasteiger partial charge in [0.2, 0.25) is 0 Å². The van der Waals surface area contributed by atoms with E-state index < -0.39 is 0 Å². The number of ketones is 1. The van der Waals surface area contributed by atoms with E-state index in [0.29, 0.717) is 6.42 Å². The average molecular weight is 243 g/mol. The molecule has 92 valence electrons. The van der Waals surface area contributed by atoms with Crippen LogP contribution in [-0.4, -0.2) is 23.8 Å². The van der Waals surface area contributed by atoms with Gasteiger partial charge >= 0.3 is 5.97 Å². The molecule has 3 rings (SSSR count). The van der Waals surface area contributed by atoms with Crippen LogP contribution in [0.5, 0.6) is 0 Å². The highest BCUT2D eigenvalue weighted by atomic mass is 16.5. The number of Topliss-reactive ketones (excluding diaryl/α,β-unsaturated/α-hetero) is 1. The number of benzene rings is 1. The normalized spacial score (nSPS) is 18.7. The minimum atomic E-state index is -0.358. The summed E-state index contributed by atoms with van der Waals surface area (Å²) >= 11 is 0. The molecule has 0 amide bonds. The van der Waals surface area contributed by atoms with Gasteiger partial charge in [0.25, 0.3) is 0 Å². The van der Waals surface area contributed by atoms with E-state index in [4.69, 9.17) is 4.74 Å². The van der Waals surface area contributed by atoms with Gasteiger partial charge in [-0.15, -0.1) is 0 Å². The predicted octanol–water partition coefficient (Wildman–Crippen LogP) is 2.09. The van der Waals surface area contributed by atoms with E-state index in [-0.39, 0.29) is 24.1 Å². The van der Waals surface area contributed by atoms with Gasteiger partial charge < -0.3 is 9.72 Å². The summed E-state index contributed by atoms with van der Waals surface area (Å²) in [5.74, 6) is -0.653. The van der Waals surface area contributed by atoms with Crippen molar-refractivity contribution >= 4 is 22.7 Å². The van der Waals surface area contributed by atoms with Gasteiger partial charge in [-0.2, -0.15) is 0 Å². The summed E-state index contributed by atoms with van der Waals surface area (Å²) in [6.07, 6.45) is 0.782. The summed E-state index contributed by atoms with van der Waals surface area (Å²) in [5.41, 5.74) is 2.54. The van der Waals surface area contributed by atoms with Gasteiger partial charge in [-0.3, -0.25) is 9.59 Å². The molecule has 0 saturated carbocycles. The summed E-state index contributed by atoms with van der Waals surface area (Å²) in [5, 5.41) is 0.945. The number of esters is 1. The number of para-hydroxylation sites is 1. The van der Waals surface area contributed by atoms with Gasteiger partial charge in [0.15, 0.2) is 5.78 Å². The Morgan fingerprint density at radius 3 is 2.89 bits per heavy atom. The number of hydrogen-bond donors (Lipinski definition) is 1. The van der Waals surface area contributed by atoms with Crippen LogP contribution in [0.25, 0.3) is 10.9 Å². The minimum Gasteiger partial charge on any atom is -0.469 e. The number of rotatable bonds is 1. The van der Waals surface area contributed by atoms with Gasteiger partial charge in [0, 0.05) is 35.0 Å². The zero-order valence-corrected chi connectivity index (χ0v) is 10.0. The zero-order valence-electron chi connectivity index (χ0n) is 10.0. The summed E-state index contributed by atoms with van der Waals surface area (Å²) in [6.45, 7) is 0. The smallest absolute Gasteiger partial charge is 0.309 e. The molecule has 0 radical (unpaired) electrons. The predicted molar refractivity (Wildman–Crippen MR) is 66.5 cm³/mol. The number of H-pyrrole nitrogens is 1. The summed E-state index contributed by atoms with van der Waals surface area (Å²) in [6, 6.07) is 7.71. The topological polar surface area (TPSA) is 59.2 Å². The molecule has 0 spiro atoms. The molecular formula is C14H13NO3. The van der Waals surface area contributed by atoms with Gasteiger partial charge in [-0.25, -0.2) is 0 Å². The molecule has 2 aromatic rings. The van der Waals surface area contributed by atoms with Gasteiger partial charge in [0.05, 0.1) is 13.0 Å². The van der Waals surface area contributed by atoms with Crippen molar-refractivity contribution in [3.63, 3.8) is 0 Å². The number of carbonyl (C=O) groups is 2. The molecule has 4 heteroatoms. The molecule has 1 aliphatic carbocycles. The Morgan fingerprint density at radius 2 is 2.11 bits per heavy atom. The summed E-state index contributed by atoms with van der Waals surface area (Å²) in [7, 11) is 1.35. The number of carbonyl (C=O) groups excluding carboxylic acids is 2. The molecule has 18 heavy (non-hydrogen) atoms. The van der Waals surface area contributed by atoms with Crippen LogP contribution in [0.3, 0.4) is 0 Å². The van der Waals surface area contributed by atoms with E-state index in [9.17, 15) is 9.59 Å². The lowest BCUT2D eigenvalue weighted by Gasteiger charge is -2.18. The first kappa shape index (κ1) is 11.0. The van der Waals surface area contributed by atoms with E-state index in [0.717, 1.165) is 22.2 Å². The Labute approximate surface area is 104 Å². The number of ether oxygens (including phenoxy) is 1. The fraction of sp³-hybridized carbons (Fsp3) is 0.286. The van der Waals surface area contributed by atoms with Gasteiger partial charge in [0.1, 0.15) is 0 Å². The second kappa shape index (κ2) is 3.98. The fourth-order valence-corrected chi connectivity index (χ4v) is 2.65. The monoisotopic (exact) mass is 243 g/mol. The maximum atomic E-state index is 12.2. The van der Waals surface area contributed by atoms with Crippen molar-refractivity contribution in [1.29, 1.82) is 0 Å². The van der Waals surface area contributed by atoms with Crippen molar-refractivity contribution in [2.24, 2.45) is 5.92 Å². The van der Waals surface area contributed by atoms with Crippen LogP contribution in [-0.2, 0) is 16.0 Å². The number of aromatic nitrogens is 1. The lowest BCUT2D eigenvalue weighted by Crippen LogP contribution is -2.27. The van der Waals surface area contributed by atoms with Crippen molar-refractivity contribution in [3.05, 3.63) is 35.5 Å². The fourth-order valence-electron chi connectivity index (χ4n) is 2.65. The third-order valence-corrected chi connectivity index (χ3v) is 3.48. The second-order valence-corrected chi connectivity index (χ2v) is 4.58. The number of fused-ring (bicyclic) bond motifs is 3. The van der Waals surface area contributed by atoms with Crippen LogP contribution in [0.1, 0.15) is 22.5 Å². The Hall–Kier alpha value is -2.10. The van der Waals surface area contributed by atoms with Crippen LogP contribution in [0.4, 0.5) is 0 Å². The molecule has 1 unspecified atom stereocenters. The first-order chi connectivity index (χ1) is 8.70. The highest BCUT2D eigenvalue weighted by Crippen LogP contribution is 2.31. The molecule has 0 bridgehead atoms. The van der Waals surface area contributed by atoms with E-state index in [1.807, 2.05) is 24.3 Å². The molecule has 0 aliphatic heterocycles. The first-order valence-corrected chi connectivity index (χ1v) is 5.91. The molecule has 4 nitrogen and oxygen atoms in total. The molecule has 1 aliphatic rings. The minimum absolute atomic E-state index is 0.0177. The van der Waals surface area contributed by atoms with E-state index >= 15 is 0 Å². The molecule has 1 aromatic carbocycles. The first-order valence-electron chi connectivity index (χ1n) is 5.91. The highest BCUT2D eigenvalue weighted by Gasteiger charge is 2.32. The van der Waals surface area contributed by atoms with Gasteiger partial charge in [-0.1, -0.05) is 18.2 Å². The third kappa shape index (κ3) is 1.53. The quantitative estimate of drug-likeness (QED) is 0.780. The van der Waals surface area contributed by atoms with Crippen molar-refractivity contribution in [3.8, 4) is 0 Å². The van der Waals surface area contributed by atoms with Crippen LogP contribution in [0.15, 0.2) is 24.3 Å². The van der Waals surface area contributed by atoms with E-state index in [1.165, 1.54) is 7.11 Å². The van der Waals surface area contributed by atoms with Crippen molar-refractivity contribution in [2.45, 2.75) is 12.8 Å². The molecular weight excluding hydrogens is 230 g/mol. The largest absolute Gasteiger partial charge is 0.469 e. The molecule has 0 saturated heterocycles. The Kier molecular flexibility index (Phi) is 2.44. The second-order valence-electron chi connectivity index (χ2n) is 4.58. The number of methoxy groups -OCH3 is 1. The Morgan fingerprint density at radius 1 is 1.33 bits per heavy atom. The number of hydrogen-bond acceptors (Lipinski definition) is 3. The van der Waals surface area contributed by atoms with Crippen molar-refractivity contribution < 1.29 is 14.3 Å². The number of nitrogens with one attached hydrogen (secondary N) is 1. The van der Waals surface area contributed by atoms with Crippen LogP contribution >= 0.6 is 0 Å². The number of aromatic amines is 1. The molecule has 1 heterocycles. The van der Waals surface area contributed by atoms with Gasteiger partial charge in [-0.05, 0) is 6.07 Å². The molecule has 1 N–H and O–H groups in total. The summed E-state index contributed by atoms with van der Waals surface area (Å²) < 4.78 is 4.72.